The van der Waals surface area contributed by atoms with Crippen LogP contribution in [0, 0.1) is 0 Å². The molecule has 0 aliphatic carbocycles. The monoisotopic (exact) mass is 337 g/mol. The van der Waals surface area contributed by atoms with E-state index in [1.54, 1.807) is 0 Å². The van der Waals surface area contributed by atoms with Gasteiger partial charge in [-0.2, -0.15) is 5.10 Å². The third-order valence-corrected chi connectivity index (χ3v) is 5.75. The molecule has 4 nitrogen and oxygen atoms in total. The molecule has 1 amide bonds. The first-order chi connectivity index (χ1) is 11.8. The number of unbranched alkanes of at least 4 members (excludes halogenated alkanes) is 1. The molecule has 2 aliphatic heterocycles. The normalized spacial score (nSPS) is 21.8. The zero-order valence-electron chi connectivity index (χ0n) is 13.5. The molecule has 0 fully saturated rings. The molecule has 2 heterocycles. The van der Waals surface area contributed by atoms with Crippen LogP contribution in [0.5, 0.6) is 0 Å². The molecule has 0 radical (unpaired) electrons. The molecule has 1 spiro atoms. The molecule has 0 aromatic heterocycles. The zero-order chi connectivity index (χ0) is 16.6. The van der Waals surface area contributed by atoms with Gasteiger partial charge in [0.25, 0.3) is 5.91 Å². The maximum absolute atomic E-state index is 13.2. The lowest BCUT2D eigenvalue weighted by Crippen LogP contribution is -2.44. The number of hydrogen-bond donors (Lipinski definition) is 1. The Morgan fingerprint density at radius 3 is 2.67 bits per heavy atom. The summed E-state index contributed by atoms with van der Waals surface area (Å²) < 4.78 is 0. The fourth-order valence-corrected chi connectivity index (χ4v) is 4.40. The van der Waals surface area contributed by atoms with E-state index in [1.165, 1.54) is 11.8 Å². The van der Waals surface area contributed by atoms with Crippen molar-refractivity contribution >= 4 is 28.4 Å². The second-order valence-electron chi connectivity index (χ2n) is 6.01. The molecule has 4 rings (SSSR count). The Bertz CT molecular complexity index is 805. The molecule has 0 bridgehead atoms. The Morgan fingerprint density at radius 1 is 1.12 bits per heavy atom. The number of nitrogens with zero attached hydrogens (tertiary/aromatic N) is 2. The number of rotatable bonds is 4. The van der Waals surface area contributed by atoms with Crippen LogP contribution >= 0.6 is 11.8 Å². The molecule has 0 saturated heterocycles. The van der Waals surface area contributed by atoms with Gasteiger partial charge in [-0.05, 0) is 12.5 Å². The molecule has 1 atom stereocenters. The van der Waals surface area contributed by atoms with Gasteiger partial charge in [0.15, 0.2) is 0 Å². The minimum atomic E-state index is -0.824. The van der Waals surface area contributed by atoms with Crippen LogP contribution in [0.25, 0.3) is 0 Å². The lowest BCUT2D eigenvalue weighted by atomic mass is 10.1. The number of nitrogens with one attached hydrogen (secondary N) is 1. The molecular weight excluding hydrogens is 318 g/mol. The molecule has 2 aromatic carbocycles. The van der Waals surface area contributed by atoms with Gasteiger partial charge in [-0.15, -0.1) is 0 Å². The molecular formula is C19H19N3OS. The van der Waals surface area contributed by atoms with Crippen molar-refractivity contribution in [3.05, 3.63) is 65.7 Å². The van der Waals surface area contributed by atoms with Crippen LogP contribution in [-0.2, 0) is 9.67 Å². The van der Waals surface area contributed by atoms with Gasteiger partial charge in [0.2, 0.25) is 4.87 Å². The molecule has 1 N–H and O–H groups in total. The number of thioether (sulfide) groups is 1. The van der Waals surface area contributed by atoms with Gasteiger partial charge in [-0.25, -0.2) is 0 Å². The summed E-state index contributed by atoms with van der Waals surface area (Å²) in [6.07, 6.45) is 2.05. The largest absolute Gasteiger partial charge is 0.309 e. The summed E-state index contributed by atoms with van der Waals surface area (Å²) in [5.41, 5.74) is 6.19. The Labute approximate surface area is 145 Å². The van der Waals surface area contributed by atoms with Crippen LogP contribution in [0.2, 0.25) is 0 Å². The van der Waals surface area contributed by atoms with E-state index < -0.39 is 4.87 Å². The second kappa shape index (κ2) is 5.98. The van der Waals surface area contributed by atoms with Crippen molar-refractivity contribution in [1.82, 2.24) is 5.43 Å². The highest BCUT2D eigenvalue weighted by Gasteiger charge is 2.55. The Morgan fingerprint density at radius 2 is 1.88 bits per heavy atom. The van der Waals surface area contributed by atoms with Crippen molar-refractivity contribution in [2.24, 2.45) is 5.10 Å². The minimum Gasteiger partial charge on any atom is -0.309 e. The predicted molar refractivity (Wildman–Crippen MR) is 99.1 cm³/mol. The predicted octanol–water partition coefficient (Wildman–Crippen LogP) is 3.68. The first-order valence-electron chi connectivity index (χ1n) is 8.27. The van der Waals surface area contributed by atoms with E-state index in [0.717, 1.165) is 41.2 Å². The van der Waals surface area contributed by atoms with Crippen LogP contribution < -0.4 is 10.3 Å². The van der Waals surface area contributed by atoms with Crippen molar-refractivity contribution in [1.29, 1.82) is 0 Å². The topological polar surface area (TPSA) is 44.7 Å². The van der Waals surface area contributed by atoms with E-state index in [-0.39, 0.29) is 5.91 Å². The summed E-state index contributed by atoms with van der Waals surface area (Å²) in [5.74, 6) is 0.0804. The number of benzene rings is 2. The average Bonchev–Trinajstić information content (AvgIpc) is 3.17. The first-order valence-corrected chi connectivity index (χ1v) is 9.08. The summed E-state index contributed by atoms with van der Waals surface area (Å²) >= 11 is 1.51. The standard InChI is InChI=1S/C19H19N3OS/c1-2-3-13-22-16-12-8-7-11-15(16)19(18(22)23)21-20-17(24-19)14-9-5-4-6-10-14/h4-12,21H,2-3,13H2,1H3. The van der Waals surface area contributed by atoms with E-state index >= 15 is 0 Å². The smallest absolute Gasteiger partial charge is 0.269 e. The first kappa shape index (κ1) is 15.3. The number of carbonyl (C=O) groups is 1. The van der Waals surface area contributed by atoms with Crippen molar-refractivity contribution in [2.75, 3.05) is 11.4 Å². The minimum absolute atomic E-state index is 0.0804. The van der Waals surface area contributed by atoms with Crippen LogP contribution in [-0.4, -0.2) is 17.5 Å². The van der Waals surface area contributed by atoms with Crippen molar-refractivity contribution in [3.63, 3.8) is 0 Å². The third kappa shape index (κ3) is 2.23. The van der Waals surface area contributed by atoms with E-state index in [4.69, 9.17) is 0 Å². The van der Waals surface area contributed by atoms with E-state index in [9.17, 15) is 4.79 Å². The highest BCUT2D eigenvalue weighted by Crippen LogP contribution is 2.50. The van der Waals surface area contributed by atoms with Crippen LogP contribution in [0.3, 0.4) is 0 Å². The molecule has 2 aliphatic rings. The molecule has 122 valence electrons. The van der Waals surface area contributed by atoms with Crippen molar-refractivity contribution < 1.29 is 4.79 Å². The van der Waals surface area contributed by atoms with Gasteiger partial charge in [0, 0.05) is 17.7 Å². The molecule has 2 aromatic rings. The molecule has 24 heavy (non-hydrogen) atoms. The third-order valence-electron chi connectivity index (χ3n) is 4.44. The summed E-state index contributed by atoms with van der Waals surface area (Å²) in [4.78, 5) is 14.3. The van der Waals surface area contributed by atoms with Gasteiger partial charge in [-0.1, -0.05) is 73.6 Å². The fourth-order valence-electron chi connectivity index (χ4n) is 3.19. The second-order valence-corrected chi connectivity index (χ2v) is 7.21. The Balaban J connectivity index is 1.70. The highest BCUT2D eigenvalue weighted by molar-refractivity contribution is 8.16. The van der Waals surface area contributed by atoms with Gasteiger partial charge >= 0.3 is 0 Å². The van der Waals surface area contributed by atoms with Crippen LogP contribution in [0.4, 0.5) is 5.69 Å². The van der Waals surface area contributed by atoms with Crippen LogP contribution in [0.15, 0.2) is 59.7 Å². The number of amides is 1. The number of anilines is 1. The van der Waals surface area contributed by atoms with E-state index in [0.29, 0.717) is 0 Å². The number of hydrogen-bond acceptors (Lipinski definition) is 4. The Hall–Kier alpha value is -2.27. The van der Waals surface area contributed by atoms with E-state index in [2.05, 4.69) is 17.5 Å². The molecule has 1 unspecified atom stereocenters. The molecule has 0 saturated carbocycles. The quantitative estimate of drug-likeness (QED) is 0.925. The fraction of sp³-hybridized carbons (Fsp3) is 0.263. The van der Waals surface area contributed by atoms with Crippen LogP contribution in [0.1, 0.15) is 30.9 Å². The summed E-state index contributed by atoms with van der Waals surface area (Å²) in [7, 11) is 0. The SMILES string of the molecule is CCCCN1C(=O)C2(NN=C(c3ccccc3)S2)c2ccccc21. The maximum Gasteiger partial charge on any atom is 0.269 e. The summed E-state index contributed by atoms with van der Waals surface area (Å²) in [5, 5.41) is 5.34. The average molecular weight is 337 g/mol. The van der Waals surface area contributed by atoms with Gasteiger partial charge in [-0.3, -0.25) is 10.2 Å². The highest BCUT2D eigenvalue weighted by atomic mass is 32.2. The summed E-state index contributed by atoms with van der Waals surface area (Å²) in [6.45, 7) is 2.89. The Kier molecular flexibility index (Phi) is 3.81. The number of hydrazone groups is 1. The number of para-hydroxylation sites is 1. The number of carbonyl (C=O) groups excluding carboxylic acids is 1. The lowest BCUT2D eigenvalue weighted by Gasteiger charge is -2.22. The number of fused-ring (bicyclic) bond motifs is 2. The van der Waals surface area contributed by atoms with Crippen molar-refractivity contribution in [2.45, 2.75) is 24.6 Å². The maximum atomic E-state index is 13.2. The zero-order valence-corrected chi connectivity index (χ0v) is 14.3. The molecule has 5 heteroatoms. The van der Waals surface area contributed by atoms with Crippen molar-refractivity contribution in [3.8, 4) is 0 Å². The van der Waals surface area contributed by atoms with E-state index in [1.807, 2.05) is 59.5 Å². The lowest BCUT2D eigenvalue weighted by molar-refractivity contribution is -0.121. The van der Waals surface area contributed by atoms with Gasteiger partial charge in [0.05, 0.1) is 5.69 Å². The summed E-state index contributed by atoms with van der Waals surface area (Å²) in [6, 6.07) is 18.0. The van der Waals surface area contributed by atoms with Gasteiger partial charge < -0.3 is 4.90 Å². The van der Waals surface area contributed by atoms with Gasteiger partial charge in [0.1, 0.15) is 5.04 Å².